The van der Waals surface area contributed by atoms with Gasteiger partial charge in [0.15, 0.2) is 6.23 Å². The van der Waals surface area contributed by atoms with E-state index in [0.29, 0.717) is 31.4 Å². The van der Waals surface area contributed by atoms with Gasteiger partial charge in [-0.25, -0.2) is 8.78 Å². The van der Waals surface area contributed by atoms with Crippen LogP contribution in [0.25, 0.3) is 0 Å². The number of ether oxygens (including phenoxy) is 1. The van der Waals surface area contributed by atoms with Gasteiger partial charge < -0.3 is 26.2 Å². The Labute approximate surface area is 227 Å². The van der Waals surface area contributed by atoms with Crippen LogP contribution in [-0.4, -0.2) is 17.6 Å². The summed E-state index contributed by atoms with van der Waals surface area (Å²) in [5, 5.41) is 16.5. The molecule has 5 rings (SSSR count). The van der Waals surface area contributed by atoms with Crippen LogP contribution in [0.5, 0.6) is 11.5 Å². The molecule has 1 saturated carbocycles. The quantitative estimate of drug-likeness (QED) is 0.194. The number of nitrogens with one attached hydrogen (secondary N) is 2. The summed E-state index contributed by atoms with van der Waals surface area (Å²) in [4.78, 5) is 12.1. The number of aryl methyl sites for hydroxylation is 1. The van der Waals surface area contributed by atoms with Crippen molar-refractivity contribution in [3.05, 3.63) is 88.0 Å². The number of rotatable bonds is 8. The number of amides is 1. The molecule has 3 atom stereocenters. The number of aliphatic hydroxyl groups is 1. The summed E-state index contributed by atoms with van der Waals surface area (Å²) in [6, 6.07) is 8.63. The van der Waals surface area contributed by atoms with Gasteiger partial charge in [-0.15, -0.1) is 0 Å². The number of carbonyl (C=O) groups excluding carboxylic acids is 1. The number of nitrogens with two attached hydrogens (primary N) is 1. The van der Waals surface area contributed by atoms with Crippen LogP contribution in [0.3, 0.4) is 0 Å². The number of benzene rings is 3. The van der Waals surface area contributed by atoms with Gasteiger partial charge in [0.05, 0.1) is 11.5 Å². The number of carbonyl (C=O) groups is 1. The maximum Gasteiger partial charge on any atom is 0.416 e. The monoisotopic (exact) mass is 561 g/mol. The molecule has 1 amide bonds. The number of anilines is 1. The predicted octanol–water partition coefficient (Wildman–Crippen LogP) is 6.20. The Kier molecular flexibility index (Phi) is 7.45. The molecule has 0 bridgehead atoms. The standard InChI is InChI=1S/C29H28F5N3O3/c1-14-10-16(30)4-7-24(14)40-25-13-19(15-2-3-15)22(29(32,33)34)12-21(25)28(39)37-17-5-6-23(31)20(11-17)26(35)18-8-9-36-27(18)38/h4-7,10-13,15,18,26,28,37,39H,2-3,8-9,35H2,1H3,(H,36,38). The fourth-order valence-corrected chi connectivity index (χ4v) is 5.03. The number of aliphatic hydroxyl groups excluding tert-OH is 1. The second kappa shape index (κ2) is 10.7. The number of alkyl halides is 3. The molecule has 0 aromatic heterocycles. The lowest BCUT2D eigenvalue weighted by molar-refractivity contribution is -0.138. The zero-order valence-electron chi connectivity index (χ0n) is 21.5. The van der Waals surface area contributed by atoms with Gasteiger partial charge in [0, 0.05) is 29.4 Å². The van der Waals surface area contributed by atoms with Crippen LogP contribution >= 0.6 is 0 Å². The van der Waals surface area contributed by atoms with Gasteiger partial charge >= 0.3 is 6.18 Å². The van der Waals surface area contributed by atoms with Crippen LogP contribution in [0.4, 0.5) is 27.6 Å². The highest BCUT2D eigenvalue weighted by molar-refractivity contribution is 5.81. The zero-order chi connectivity index (χ0) is 28.8. The highest BCUT2D eigenvalue weighted by Gasteiger charge is 2.40. The van der Waals surface area contributed by atoms with Gasteiger partial charge in [-0.3, -0.25) is 4.79 Å². The number of hydrogen-bond donors (Lipinski definition) is 4. The summed E-state index contributed by atoms with van der Waals surface area (Å²) < 4.78 is 76.5. The topological polar surface area (TPSA) is 96.6 Å². The number of halogens is 5. The Morgan fingerprint density at radius 1 is 1.02 bits per heavy atom. The molecule has 1 aliphatic heterocycles. The SMILES string of the molecule is Cc1cc(F)ccc1Oc1cc(C2CC2)c(C(F)(F)F)cc1C(O)Nc1ccc(F)c(C(N)C2CCNC2=O)c1. The van der Waals surface area contributed by atoms with Crippen molar-refractivity contribution in [3.8, 4) is 11.5 Å². The molecule has 212 valence electrons. The van der Waals surface area contributed by atoms with Crippen LogP contribution < -0.4 is 21.1 Å². The summed E-state index contributed by atoms with van der Waals surface area (Å²) in [7, 11) is 0. The van der Waals surface area contributed by atoms with E-state index in [1.54, 1.807) is 6.92 Å². The molecular formula is C29H28F5N3O3. The molecular weight excluding hydrogens is 533 g/mol. The third-order valence-corrected chi connectivity index (χ3v) is 7.34. The first kappa shape index (κ1) is 27.9. The van der Waals surface area contributed by atoms with Crippen LogP contribution in [0.15, 0.2) is 48.5 Å². The minimum atomic E-state index is -4.69. The van der Waals surface area contributed by atoms with E-state index in [9.17, 15) is 31.9 Å². The molecule has 0 radical (unpaired) electrons. The van der Waals surface area contributed by atoms with Crippen molar-refractivity contribution in [2.45, 2.75) is 50.6 Å². The molecule has 2 aliphatic rings. The second-order valence-electron chi connectivity index (χ2n) is 10.3. The molecule has 1 heterocycles. The predicted molar refractivity (Wildman–Crippen MR) is 138 cm³/mol. The summed E-state index contributed by atoms with van der Waals surface area (Å²) in [5.74, 6) is -2.21. The van der Waals surface area contributed by atoms with Gasteiger partial charge in [-0.2, -0.15) is 13.2 Å². The van der Waals surface area contributed by atoms with Gasteiger partial charge in [0.1, 0.15) is 23.1 Å². The van der Waals surface area contributed by atoms with Gasteiger partial charge in [0.25, 0.3) is 0 Å². The summed E-state index contributed by atoms with van der Waals surface area (Å²) in [5.41, 5.74) is 5.75. The van der Waals surface area contributed by atoms with E-state index in [0.717, 1.165) is 18.2 Å². The number of hydrogen-bond acceptors (Lipinski definition) is 5. The second-order valence-corrected chi connectivity index (χ2v) is 10.3. The van der Waals surface area contributed by atoms with Crippen molar-refractivity contribution in [2.75, 3.05) is 11.9 Å². The normalized spacial score (nSPS) is 18.8. The van der Waals surface area contributed by atoms with Crippen molar-refractivity contribution >= 4 is 11.6 Å². The Morgan fingerprint density at radius 2 is 1.77 bits per heavy atom. The molecule has 5 N–H and O–H groups in total. The molecule has 2 fully saturated rings. The minimum Gasteiger partial charge on any atom is -0.457 e. The minimum absolute atomic E-state index is 0.0257. The molecule has 40 heavy (non-hydrogen) atoms. The summed E-state index contributed by atoms with van der Waals surface area (Å²) in [6.45, 7) is 2.01. The van der Waals surface area contributed by atoms with Crippen molar-refractivity contribution in [3.63, 3.8) is 0 Å². The van der Waals surface area contributed by atoms with Crippen LogP contribution in [0.2, 0.25) is 0 Å². The Hall–Kier alpha value is -3.70. The lowest BCUT2D eigenvalue weighted by atomic mass is 9.92. The summed E-state index contributed by atoms with van der Waals surface area (Å²) >= 11 is 0. The lowest BCUT2D eigenvalue weighted by Crippen LogP contribution is -2.29. The highest BCUT2D eigenvalue weighted by atomic mass is 19.4. The largest absolute Gasteiger partial charge is 0.457 e. The zero-order valence-corrected chi connectivity index (χ0v) is 21.5. The maximum absolute atomic E-state index is 14.7. The van der Waals surface area contributed by atoms with Crippen LogP contribution in [0.1, 0.15) is 65.3 Å². The van der Waals surface area contributed by atoms with E-state index in [2.05, 4.69) is 10.6 Å². The Morgan fingerprint density at radius 3 is 2.40 bits per heavy atom. The molecule has 3 aromatic carbocycles. The van der Waals surface area contributed by atoms with Gasteiger partial charge in [0.2, 0.25) is 5.91 Å². The van der Waals surface area contributed by atoms with Crippen molar-refractivity contribution in [1.29, 1.82) is 0 Å². The third kappa shape index (κ3) is 5.75. The maximum atomic E-state index is 14.7. The van der Waals surface area contributed by atoms with Crippen LogP contribution in [0, 0.1) is 24.5 Å². The van der Waals surface area contributed by atoms with E-state index in [1.807, 2.05) is 0 Å². The molecule has 1 saturated heterocycles. The first-order valence-corrected chi connectivity index (χ1v) is 12.9. The van der Waals surface area contributed by atoms with E-state index in [4.69, 9.17) is 10.5 Å². The molecule has 1 aliphatic carbocycles. The Bertz CT molecular complexity index is 1440. The fraction of sp³-hybridized carbons (Fsp3) is 0.345. The van der Waals surface area contributed by atoms with Crippen molar-refractivity contribution < 1.29 is 36.6 Å². The van der Waals surface area contributed by atoms with Crippen molar-refractivity contribution in [2.24, 2.45) is 11.7 Å². The van der Waals surface area contributed by atoms with Gasteiger partial charge in [-0.05, 0) is 91.8 Å². The molecule has 0 spiro atoms. The van der Waals surface area contributed by atoms with E-state index in [1.165, 1.54) is 30.3 Å². The molecule has 3 unspecified atom stereocenters. The Balaban J connectivity index is 1.51. The molecule has 3 aromatic rings. The smallest absolute Gasteiger partial charge is 0.416 e. The first-order chi connectivity index (χ1) is 18.9. The average Bonchev–Trinajstić information content (AvgIpc) is 3.65. The third-order valence-electron chi connectivity index (χ3n) is 7.34. The van der Waals surface area contributed by atoms with E-state index >= 15 is 0 Å². The molecule has 11 heteroatoms. The van der Waals surface area contributed by atoms with Gasteiger partial charge in [-0.1, -0.05) is 0 Å². The van der Waals surface area contributed by atoms with E-state index < -0.39 is 41.6 Å². The summed E-state index contributed by atoms with van der Waals surface area (Å²) in [6.07, 6.45) is -4.79. The average molecular weight is 562 g/mol. The van der Waals surface area contributed by atoms with E-state index in [-0.39, 0.29) is 45.7 Å². The lowest BCUT2D eigenvalue weighted by Gasteiger charge is -2.24. The first-order valence-electron chi connectivity index (χ1n) is 12.9. The highest BCUT2D eigenvalue weighted by Crippen LogP contribution is 2.49. The molecule has 6 nitrogen and oxygen atoms in total. The van der Waals surface area contributed by atoms with Crippen LogP contribution in [-0.2, 0) is 11.0 Å². The fourth-order valence-electron chi connectivity index (χ4n) is 5.03. The van der Waals surface area contributed by atoms with Crippen molar-refractivity contribution in [1.82, 2.24) is 5.32 Å².